The van der Waals surface area contributed by atoms with Gasteiger partial charge in [0.2, 0.25) is 5.91 Å². The van der Waals surface area contributed by atoms with Crippen molar-refractivity contribution in [1.82, 2.24) is 19.9 Å². The summed E-state index contributed by atoms with van der Waals surface area (Å²) in [6, 6.07) is 10.4. The lowest BCUT2D eigenvalue weighted by Gasteiger charge is -2.20. The maximum Gasteiger partial charge on any atom is 0.223 e. The predicted octanol–water partition coefficient (Wildman–Crippen LogP) is 2.29. The van der Waals surface area contributed by atoms with Crippen LogP contribution in [0.3, 0.4) is 0 Å². The Bertz CT molecular complexity index is 832. The van der Waals surface area contributed by atoms with Gasteiger partial charge in [-0.1, -0.05) is 18.2 Å². The van der Waals surface area contributed by atoms with Crippen molar-refractivity contribution in [2.45, 2.75) is 25.8 Å². The monoisotopic (exact) mass is 308 g/mol. The molecular formula is C18H20N4O. The van der Waals surface area contributed by atoms with Gasteiger partial charge in [-0.05, 0) is 30.4 Å². The molecule has 0 radical (unpaired) electrons. The molecule has 3 aromatic rings. The fraction of sp³-hybridized carbons (Fsp3) is 0.333. The van der Waals surface area contributed by atoms with Crippen molar-refractivity contribution in [3.05, 3.63) is 54.2 Å². The zero-order chi connectivity index (χ0) is 15.6. The summed E-state index contributed by atoms with van der Waals surface area (Å²) in [6.07, 6.45) is 6.35. The molecule has 118 valence electrons. The van der Waals surface area contributed by atoms with Gasteiger partial charge in [-0.25, -0.2) is 4.98 Å². The van der Waals surface area contributed by atoms with Gasteiger partial charge in [0, 0.05) is 42.8 Å². The number of para-hydroxylation sites is 1. The number of imidazole rings is 1. The number of aromatic nitrogens is 3. The third-order valence-electron chi connectivity index (χ3n) is 4.69. The van der Waals surface area contributed by atoms with Gasteiger partial charge in [0.05, 0.1) is 12.0 Å². The molecule has 2 heterocycles. The van der Waals surface area contributed by atoms with Crippen LogP contribution in [0.25, 0.3) is 10.9 Å². The van der Waals surface area contributed by atoms with E-state index in [4.69, 9.17) is 0 Å². The molecule has 5 heteroatoms. The molecule has 0 saturated carbocycles. The van der Waals surface area contributed by atoms with Gasteiger partial charge < -0.3 is 14.9 Å². The quantitative estimate of drug-likeness (QED) is 0.777. The minimum absolute atomic E-state index is 0.0596. The average Bonchev–Trinajstić information content (AvgIpc) is 3.21. The first-order valence-electron chi connectivity index (χ1n) is 8.14. The van der Waals surface area contributed by atoms with Crippen molar-refractivity contribution in [2.24, 2.45) is 5.92 Å². The largest absolute Gasteiger partial charge is 0.354 e. The molecule has 1 aliphatic rings. The first-order valence-corrected chi connectivity index (χ1v) is 8.14. The summed E-state index contributed by atoms with van der Waals surface area (Å²) in [5, 5.41) is 4.32. The van der Waals surface area contributed by atoms with Crippen LogP contribution in [0, 0.1) is 5.92 Å². The number of fused-ring (bicyclic) bond motifs is 2. The van der Waals surface area contributed by atoms with E-state index < -0.39 is 0 Å². The highest BCUT2D eigenvalue weighted by Gasteiger charge is 2.25. The Hall–Kier alpha value is -2.56. The molecule has 1 atom stereocenters. The SMILES string of the molecule is O=C(NCCn1ccc2ccccc21)[C@H]1CCc2nc[nH]c2C1. The molecule has 4 rings (SSSR count). The molecule has 2 aromatic heterocycles. The molecule has 1 aromatic carbocycles. The van der Waals surface area contributed by atoms with E-state index in [1.165, 1.54) is 10.9 Å². The lowest BCUT2D eigenvalue weighted by Crippen LogP contribution is -2.35. The molecule has 2 N–H and O–H groups in total. The van der Waals surface area contributed by atoms with Gasteiger partial charge in [-0.2, -0.15) is 0 Å². The molecule has 0 saturated heterocycles. The summed E-state index contributed by atoms with van der Waals surface area (Å²) in [7, 11) is 0. The minimum Gasteiger partial charge on any atom is -0.354 e. The van der Waals surface area contributed by atoms with Gasteiger partial charge in [-0.3, -0.25) is 4.79 Å². The minimum atomic E-state index is 0.0596. The first-order chi connectivity index (χ1) is 11.3. The van der Waals surface area contributed by atoms with E-state index in [9.17, 15) is 4.79 Å². The molecule has 1 aliphatic carbocycles. The van der Waals surface area contributed by atoms with Crippen LogP contribution < -0.4 is 5.32 Å². The van der Waals surface area contributed by atoms with Crippen LogP contribution in [-0.4, -0.2) is 27.0 Å². The van der Waals surface area contributed by atoms with Crippen LogP contribution >= 0.6 is 0 Å². The number of aromatic amines is 1. The highest BCUT2D eigenvalue weighted by molar-refractivity contribution is 5.80. The second kappa shape index (κ2) is 5.91. The van der Waals surface area contributed by atoms with E-state index in [0.717, 1.165) is 37.2 Å². The standard InChI is InChI=1S/C18H20N4O/c23-18(14-5-6-15-16(11-14)21-12-20-15)19-8-10-22-9-7-13-3-1-2-4-17(13)22/h1-4,7,9,12,14H,5-6,8,10-11H2,(H,19,23)(H,20,21)/t14-/m0/s1. The van der Waals surface area contributed by atoms with Crippen molar-refractivity contribution in [3.63, 3.8) is 0 Å². The fourth-order valence-corrected chi connectivity index (χ4v) is 3.40. The number of carbonyl (C=O) groups is 1. The van der Waals surface area contributed by atoms with Gasteiger partial charge in [0.25, 0.3) is 0 Å². The maximum atomic E-state index is 12.4. The molecule has 0 fully saturated rings. The Morgan fingerprint density at radius 1 is 1.35 bits per heavy atom. The predicted molar refractivity (Wildman–Crippen MR) is 89.1 cm³/mol. The number of hydrogen-bond acceptors (Lipinski definition) is 2. The number of benzene rings is 1. The van der Waals surface area contributed by atoms with Gasteiger partial charge in [-0.15, -0.1) is 0 Å². The summed E-state index contributed by atoms with van der Waals surface area (Å²) in [6.45, 7) is 1.45. The molecular weight excluding hydrogens is 288 g/mol. The number of carbonyl (C=O) groups excluding carboxylic acids is 1. The van der Waals surface area contributed by atoms with E-state index in [2.05, 4.69) is 44.2 Å². The number of H-pyrrole nitrogens is 1. The fourth-order valence-electron chi connectivity index (χ4n) is 3.40. The Balaban J connectivity index is 1.34. The number of nitrogens with zero attached hydrogens (tertiary/aromatic N) is 2. The van der Waals surface area contributed by atoms with E-state index in [1.54, 1.807) is 6.33 Å². The lowest BCUT2D eigenvalue weighted by molar-refractivity contribution is -0.125. The van der Waals surface area contributed by atoms with Crippen molar-refractivity contribution in [3.8, 4) is 0 Å². The zero-order valence-corrected chi connectivity index (χ0v) is 13.0. The first kappa shape index (κ1) is 14.1. The summed E-state index contributed by atoms with van der Waals surface area (Å²) >= 11 is 0. The van der Waals surface area contributed by atoms with Crippen LogP contribution in [0.5, 0.6) is 0 Å². The molecule has 1 amide bonds. The van der Waals surface area contributed by atoms with E-state index >= 15 is 0 Å². The second-order valence-corrected chi connectivity index (χ2v) is 6.13. The summed E-state index contributed by atoms with van der Waals surface area (Å²) < 4.78 is 2.18. The normalized spacial score (nSPS) is 17.1. The Morgan fingerprint density at radius 3 is 3.22 bits per heavy atom. The van der Waals surface area contributed by atoms with Crippen molar-refractivity contribution >= 4 is 16.8 Å². The smallest absolute Gasteiger partial charge is 0.223 e. The molecule has 0 spiro atoms. The van der Waals surface area contributed by atoms with Crippen LogP contribution in [0.15, 0.2) is 42.9 Å². The van der Waals surface area contributed by atoms with Crippen molar-refractivity contribution in [1.29, 1.82) is 0 Å². The Labute approximate surface area is 134 Å². The molecule has 0 aliphatic heterocycles. The molecule has 0 unspecified atom stereocenters. The number of nitrogens with one attached hydrogen (secondary N) is 2. The average molecular weight is 308 g/mol. The molecule has 23 heavy (non-hydrogen) atoms. The number of aryl methyl sites for hydroxylation is 1. The third kappa shape index (κ3) is 2.74. The molecule has 5 nitrogen and oxygen atoms in total. The number of hydrogen-bond donors (Lipinski definition) is 2. The maximum absolute atomic E-state index is 12.4. The summed E-state index contributed by atoms with van der Waals surface area (Å²) in [5.74, 6) is 0.214. The van der Waals surface area contributed by atoms with Crippen LogP contribution in [0.2, 0.25) is 0 Å². The highest BCUT2D eigenvalue weighted by Crippen LogP contribution is 2.22. The Morgan fingerprint density at radius 2 is 2.26 bits per heavy atom. The van der Waals surface area contributed by atoms with E-state index in [1.807, 2.05) is 12.1 Å². The summed E-state index contributed by atoms with van der Waals surface area (Å²) in [5.41, 5.74) is 3.45. The van der Waals surface area contributed by atoms with Crippen molar-refractivity contribution < 1.29 is 4.79 Å². The third-order valence-corrected chi connectivity index (χ3v) is 4.69. The Kier molecular flexibility index (Phi) is 3.61. The summed E-state index contributed by atoms with van der Waals surface area (Å²) in [4.78, 5) is 19.8. The van der Waals surface area contributed by atoms with Crippen LogP contribution in [-0.2, 0) is 24.2 Å². The topological polar surface area (TPSA) is 62.7 Å². The van der Waals surface area contributed by atoms with Gasteiger partial charge in [0.15, 0.2) is 0 Å². The van der Waals surface area contributed by atoms with Crippen molar-refractivity contribution in [2.75, 3.05) is 6.54 Å². The molecule has 0 bridgehead atoms. The number of amides is 1. The highest BCUT2D eigenvalue weighted by atomic mass is 16.1. The van der Waals surface area contributed by atoms with E-state index in [0.29, 0.717) is 6.54 Å². The lowest BCUT2D eigenvalue weighted by atomic mass is 9.89. The van der Waals surface area contributed by atoms with Crippen LogP contribution in [0.4, 0.5) is 0 Å². The second-order valence-electron chi connectivity index (χ2n) is 6.13. The van der Waals surface area contributed by atoms with Gasteiger partial charge >= 0.3 is 0 Å². The number of rotatable bonds is 4. The van der Waals surface area contributed by atoms with E-state index in [-0.39, 0.29) is 11.8 Å². The van der Waals surface area contributed by atoms with Gasteiger partial charge in [0.1, 0.15) is 0 Å². The zero-order valence-electron chi connectivity index (χ0n) is 13.0. The van der Waals surface area contributed by atoms with Crippen LogP contribution in [0.1, 0.15) is 17.8 Å².